The molecule has 5 nitrogen and oxygen atoms in total. The summed E-state index contributed by atoms with van der Waals surface area (Å²) in [5.74, 6) is -0.948. The topological polar surface area (TPSA) is 59.2 Å². The Bertz CT molecular complexity index is 702. The Balaban J connectivity index is 1.80. The lowest BCUT2D eigenvalue weighted by Gasteiger charge is -2.16. The number of nitrogens with zero attached hydrogens (tertiary/aromatic N) is 3. The molecule has 0 aliphatic carbocycles. The Morgan fingerprint density at radius 2 is 2.23 bits per heavy atom. The first-order valence-electron chi connectivity index (χ1n) is 7.16. The second-order valence-electron chi connectivity index (χ2n) is 5.30. The highest BCUT2D eigenvalue weighted by Gasteiger charge is 2.36. The molecule has 1 atom stereocenters. The van der Waals surface area contributed by atoms with Gasteiger partial charge in [-0.25, -0.2) is 8.78 Å². The van der Waals surface area contributed by atoms with Crippen molar-refractivity contribution in [3.8, 4) is 0 Å². The molecule has 0 radical (unpaired) electrons. The van der Waals surface area contributed by atoms with Crippen LogP contribution in [-0.2, 0) is 11.2 Å². The zero-order valence-electron chi connectivity index (χ0n) is 12.1. The van der Waals surface area contributed by atoms with Crippen LogP contribution in [0.15, 0.2) is 22.7 Å². The Morgan fingerprint density at radius 3 is 2.95 bits per heavy atom. The number of carbonyl (C=O) groups excluding carboxylic acids is 1. The van der Waals surface area contributed by atoms with E-state index < -0.39 is 11.6 Å². The quantitative estimate of drug-likeness (QED) is 0.871. The minimum absolute atomic E-state index is 0.0715. The van der Waals surface area contributed by atoms with E-state index >= 15 is 0 Å². The molecule has 1 aliphatic heterocycles. The number of aromatic nitrogens is 2. The average Bonchev–Trinajstić information content (AvgIpc) is 3.06. The van der Waals surface area contributed by atoms with Crippen molar-refractivity contribution in [1.82, 2.24) is 10.1 Å². The van der Waals surface area contributed by atoms with E-state index in [2.05, 4.69) is 10.1 Å². The van der Waals surface area contributed by atoms with Crippen molar-refractivity contribution in [3.63, 3.8) is 0 Å². The number of hydrogen-bond acceptors (Lipinski definition) is 4. The van der Waals surface area contributed by atoms with E-state index in [9.17, 15) is 13.6 Å². The van der Waals surface area contributed by atoms with Crippen LogP contribution >= 0.6 is 0 Å². The lowest BCUT2D eigenvalue weighted by atomic mass is 10.1. The number of rotatable bonds is 4. The monoisotopic (exact) mass is 307 g/mol. The van der Waals surface area contributed by atoms with Crippen LogP contribution in [0.1, 0.15) is 37.4 Å². The molecule has 2 heterocycles. The van der Waals surface area contributed by atoms with Crippen LogP contribution in [0.25, 0.3) is 0 Å². The number of amides is 1. The molecule has 22 heavy (non-hydrogen) atoms. The molecular weight excluding hydrogens is 292 g/mol. The van der Waals surface area contributed by atoms with Gasteiger partial charge in [0.2, 0.25) is 11.8 Å². The van der Waals surface area contributed by atoms with Crippen molar-refractivity contribution in [2.45, 2.75) is 32.1 Å². The highest BCUT2D eigenvalue weighted by atomic mass is 19.1. The summed E-state index contributed by atoms with van der Waals surface area (Å²) < 4.78 is 32.0. The minimum atomic E-state index is -0.758. The lowest BCUT2D eigenvalue weighted by molar-refractivity contribution is -0.117. The van der Waals surface area contributed by atoms with E-state index in [1.807, 2.05) is 6.92 Å². The maximum absolute atomic E-state index is 13.8. The highest BCUT2D eigenvalue weighted by Crippen LogP contribution is 2.32. The molecule has 1 aliphatic rings. The molecule has 1 fully saturated rings. The molecule has 116 valence electrons. The summed E-state index contributed by atoms with van der Waals surface area (Å²) in [5, 5.41) is 3.86. The highest BCUT2D eigenvalue weighted by molar-refractivity contribution is 5.96. The minimum Gasteiger partial charge on any atom is -0.339 e. The third-order valence-corrected chi connectivity index (χ3v) is 3.63. The third kappa shape index (κ3) is 2.70. The molecule has 1 aromatic carbocycles. The van der Waals surface area contributed by atoms with E-state index in [1.165, 1.54) is 11.0 Å². The number of benzene rings is 1. The van der Waals surface area contributed by atoms with Gasteiger partial charge in [0, 0.05) is 25.5 Å². The number of hydrogen-bond donors (Lipinski definition) is 0. The second-order valence-corrected chi connectivity index (χ2v) is 5.30. The molecule has 1 aromatic heterocycles. The van der Waals surface area contributed by atoms with Gasteiger partial charge in [-0.1, -0.05) is 12.1 Å². The molecule has 7 heteroatoms. The van der Waals surface area contributed by atoms with E-state index in [-0.39, 0.29) is 30.5 Å². The van der Waals surface area contributed by atoms with Gasteiger partial charge in [0.05, 0.1) is 11.6 Å². The molecule has 3 rings (SSSR count). The molecule has 1 saturated heterocycles. The normalized spacial score (nSPS) is 18.2. The Morgan fingerprint density at radius 1 is 1.41 bits per heavy atom. The van der Waals surface area contributed by atoms with Crippen LogP contribution in [0.2, 0.25) is 0 Å². The standard InChI is InChI=1S/C15H15F2N3O2/c1-2-3-13-18-15(22-19-13)9-6-14(21)20(8-9)12-5-4-10(16)7-11(12)17/h4-5,7,9H,2-3,6,8H2,1H3. The fraction of sp³-hybridized carbons (Fsp3) is 0.400. The van der Waals surface area contributed by atoms with E-state index in [0.717, 1.165) is 18.6 Å². The van der Waals surface area contributed by atoms with Crippen LogP contribution < -0.4 is 4.90 Å². The van der Waals surface area contributed by atoms with E-state index in [4.69, 9.17) is 4.52 Å². The van der Waals surface area contributed by atoms with Gasteiger partial charge in [-0.15, -0.1) is 0 Å². The number of halogens is 2. The fourth-order valence-electron chi connectivity index (χ4n) is 2.56. The number of aryl methyl sites for hydroxylation is 1. The Hall–Kier alpha value is -2.31. The molecule has 0 bridgehead atoms. The molecule has 2 aromatic rings. The van der Waals surface area contributed by atoms with Gasteiger partial charge in [0.1, 0.15) is 11.6 Å². The molecule has 0 N–H and O–H groups in total. The molecule has 0 spiro atoms. The van der Waals surface area contributed by atoms with Gasteiger partial charge in [-0.3, -0.25) is 4.79 Å². The van der Waals surface area contributed by atoms with Crippen LogP contribution in [0.3, 0.4) is 0 Å². The fourth-order valence-corrected chi connectivity index (χ4v) is 2.56. The van der Waals surface area contributed by atoms with E-state index in [1.54, 1.807) is 0 Å². The van der Waals surface area contributed by atoms with Gasteiger partial charge >= 0.3 is 0 Å². The zero-order valence-corrected chi connectivity index (χ0v) is 12.1. The van der Waals surface area contributed by atoms with Gasteiger partial charge < -0.3 is 9.42 Å². The second kappa shape index (κ2) is 5.82. The zero-order chi connectivity index (χ0) is 15.7. The molecule has 1 amide bonds. The smallest absolute Gasteiger partial charge is 0.232 e. The largest absolute Gasteiger partial charge is 0.339 e. The maximum Gasteiger partial charge on any atom is 0.232 e. The predicted molar refractivity (Wildman–Crippen MR) is 74.4 cm³/mol. The first-order valence-corrected chi connectivity index (χ1v) is 7.16. The Labute approximate surface area is 125 Å². The molecular formula is C15H15F2N3O2. The average molecular weight is 307 g/mol. The lowest BCUT2D eigenvalue weighted by Crippen LogP contribution is -2.25. The summed E-state index contributed by atoms with van der Waals surface area (Å²) in [4.78, 5) is 17.7. The van der Waals surface area contributed by atoms with Crippen LogP contribution in [0, 0.1) is 11.6 Å². The Kier molecular flexibility index (Phi) is 3.87. The van der Waals surface area contributed by atoms with Crippen LogP contribution in [-0.4, -0.2) is 22.6 Å². The SMILES string of the molecule is CCCc1noc(C2CC(=O)N(c3ccc(F)cc3F)C2)n1. The number of carbonyl (C=O) groups is 1. The summed E-state index contributed by atoms with van der Waals surface area (Å²) >= 11 is 0. The van der Waals surface area contributed by atoms with Crippen molar-refractivity contribution in [2.75, 3.05) is 11.4 Å². The first-order chi connectivity index (χ1) is 10.6. The summed E-state index contributed by atoms with van der Waals surface area (Å²) in [6.45, 7) is 2.25. The maximum atomic E-state index is 13.8. The van der Waals surface area contributed by atoms with Crippen molar-refractivity contribution in [1.29, 1.82) is 0 Å². The third-order valence-electron chi connectivity index (χ3n) is 3.63. The van der Waals surface area contributed by atoms with Gasteiger partial charge in [-0.05, 0) is 18.6 Å². The summed E-state index contributed by atoms with van der Waals surface area (Å²) in [5.41, 5.74) is 0.0715. The van der Waals surface area contributed by atoms with Crippen molar-refractivity contribution >= 4 is 11.6 Å². The van der Waals surface area contributed by atoms with Gasteiger partial charge in [0.15, 0.2) is 5.82 Å². The van der Waals surface area contributed by atoms with Crippen molar-refractivity contribution in [3.05, 3.63) is 41.5 Å². The van der Waals surface area contributed by atoms with Gasteiger partial charge in [-0.2, -0.15) is 4.98 Å². The predicted octanol–water partition coefficient (Wildman–Crippen LogP) is 2.82. The molecule has 0 saturated carbocycles. The van der Waals surface area contributed by atoms with Crippen molar-refractivity contribution < 1.29 is 18.1 Å². The van der Waals surface area contributed by atoms with Crippen molar-refractivity contribution in [2.24, 2.45) is 0 Å². The summed E-state index contributed by atoms with van der Waals surface area (Å²) in [6.07, 6.45) is 1.78. The molecule has 1 unspecified atom stereocenters. The first kappa shape index (κ1) is 14.6. The number of anilines is 1. The van der Waals surface area contributed by atoms with Crippen LogP contribution in [0.5, 0.6) is 0 Å². The van der Waals surface area contributed by atoms with Crippen LogP contribution in [0.4, 0.5) is 14.5 Å². The summed E-state index contributed by atoms with van der Waals surface area (Å²) in [7, 11) is 0. The van der Waals surface area contributed by atoms with Gasteiger partial charge in [0.25, 0.3) is 0 Å². The summed E-state index contributed by atoms with van der Waals surface area (Å²) in [6, 6.07) is 3.16. The van der Waals surface area contributed by atoms with E-state index in [0.29, 0.717) is 18.1 Å².